The number of aromatic nitrogens is 1. The highest BCUT2D eigenvalue weighted by Crippen LogP contribution is 2.31. The van der Waals surface area contributed by atoms with E-state index < -0.39 is 0 Å². The summed E-state index contributed by atoms with van der Waals surface area (Å²) < 4.78 is 0. The molecular weight excluding hydrogens is 390 g/mol. The fourth-order valence-electron chi connectivity index (χ4n) is 3.74. The first-order valence-electron chi connectivity index (χ1n) is 9.74. The summed E-state index contributed by atoms with van der Waals surface area (Å²) in [5.41, 5.74) is 2.27. The fourth-order valence-corrected chi connectivity index (χ4v) is 4.74. The number of carbonyl (C=O) groups is 1. The number of nitrogens with one attached hydrogen (secondary N) is 1. The number of thiophene rings is 1. The molecule has 0 radical (unpaired) electrons. The molecule has 4 nitrogen and oxygen atoms in total. The van der Waals surface area contributed by atoms with Crippen LogP contribution in [0.25, 0.3) is 21.5 Å². The molecular formula is C22H24ClN3OS. The molecule has 1 aliphatic rings. The number of pyridine rings is 1. The molecule has 2 aromatic heterocycles. The minimum atomic E-state index is -0.0425. The maximum Gasteiger partial charge on any atom is 0.252 e. The predicted octanol–water partition coefficient (Wildman–Crippen LogP) is 5.14. The van der Waals surface area contributed by atoms with Gasteiger partial charge in [-0.2, -0.15) is 0 Å². The third kappa shape index (κ3) is 4.07. The van der Waals surface area contributed by atoms with E-state index in [0.29, 0.717) is 10.6 Å². The molecule has 1 aromatic carbocycles. The van der Waals surface area contributed by atoms with Crippen LogP contribution >= 0.6 is 22.9 Å². The number of halogens is 1. The van der Waals surface area contributed by atoms with Gasteiger partial charge in [0, 0.05) is 34.4 Å². The van der Waals surface area contributed by atoms with Crippen molar-refractivity contribution >= 4 is 39.7 Å². The van der Waals surface area contributed by atoms with Crippen LogP contribution < -0.4 is 5.32 Å². The van der Waals surface area contributed by atoms with Crippen molar-refractivity contribution < 1.29 is 4.79 Å². The van der Waals surface area contributed by atoms with Crippen LogP contribution in [-0.2, 0) is 0 Å². The topological polar surface area (TPSA) is 45.2 Å². The average molecular weight is 414 g/mol. The van der Waals surface area contributed by atoms with Crippen LogP contribution in [-0.4, -0.2) is 41.5 Å². The molecule has 0 saturated carbocycles. The quantitative estimate of drug-likeness (QED) is 0.644. The van der Waals surface area contributed by atoms with Gasteiger partial charge in [0.1, 0.15) is 0 Å². The molecule has 28 heavy (non-hydrogen) atoms. The number of likely N-dealkylation sites (tertiary alicyclic amines) is 1. The normalized spacial score (nSPS) is 15.8. The maximum atomic E-state index is 13.2. The van der Waals surface area contributed by atoms with E-state index in [9.17, 15) is 4.79 Å². The molecule has 0 atom stereocenters. The van der Waals surface area contributed by atoms with Gasteiger partial charge in [0.2, 0.25) is 0 Å². The molecule has 146 valence electrons. The zero-order valence-corrected chi connectivity index (χ0v) is 17.7. The van der Waals surface area contributed by atoms with Gasteiger partial charge in [-0.25, -0.2) is 4.98 Å². The summed E-state index contributed by atoms with van der Waals surface area (Å²) in [6, 6.07) is 11.8. The van der Waals surface area contributed by atoms with Gasteiger partial charge in [-0.1, -0.05) is 18.5 Å². The first-order chi connectivity index (χ1) is 13.5. The van der Waals surface area contributed by atoms with Crippen molar-refractivity contribution in [2.45, 2.75) is 32.7 Å². The monoisotopic (exact) mass is 413 g/mol. The second kappa shape index (κ2) is 8.19. The predicted molar refractivity (Wildman–Crippen MR) is 117 cm³/mol. The van der Waals surface area contributed by atoms with E-state index in [4.69, 9.17) is 16.6 Å². The van der Waals surface area contributed by atoms with Crippen molar-refractivity contribution in [2.75, 3.05) is 19.6 Å². The van der Waals surface area contributed by atoms with Gasteiger partial charge in [-0.3, -0.25) is 4.79 Å². The van der Waals surface area contributed by atoms with Crippen molar-refractivity contribution in [1.29, 1.82) is 0 Å². The highest BCUT2D eigenvalue weighted by molar-refractivity contribution is 7.15. The summed E-state index contributed by atoms with van der Waals surface area (Å²) in [4.78, 5) is 22.7. The Kier molecular flexibility index (Phi) is 5.67. The first kappa shape index (κ1) is 19.4. The van der Waals surface area contributed by atoms with Crippen molar-refractivity contribution in [3.05, 3.63) is 51.9 Å². The van der Waals surface area contributed by atoms with Gasteiger partial charge in [-0.05, 0) is 62.7 Å². The number of rotatable bonds is 4. The van der Waals surface area contributed by atoms with Gasteiger partial charge >= 0.3 is 0 Å². The lowest BCUT2D eigenvalue weighted by molar-refractivity contribution is 0.0914. The fraction of sp³-hybridized carbons (Fsp3) is 0.364. The Balaban J connectivity index is 1.68. The highest BCUT2D eigenvalue weighted by Gasteiger charge is 2.22. The Morgan fingerprint density at radius 1 is 1.25 bits per heavy atom. The summed E-state index contributed by atoms with van der Waals surface area (Å²) in [5.74, 6) is -0.0425. The van der Waals surface area contributed by atoms with Crippen molar-refractivity contribution in [1.82, 2.24) is 15.2 Å². The lowest BCUT2D eigenvalue weighted by atomic mass is 10.0. The molecule has 0 unspecified atom stereocenters. The molecule has 6 heteroatoms. The maximum absolute atomic E-state index is 13.2. The molecule has 3 heterocycles. The molecule has 1 N–H and O–H groups in total. The minimum absolute atomic E-state index is 0.0425. The standard InChI is InChI=1S/C22H24ClN3OS/c1-3-26-10-8-16(9-11-26)24-22(27)18-13-20(21-7-4-14(2)28-21)25-19-6-5-15(23)12-17(18)19/h4-7,12-13,16H,3,8-11H2,1-2H3,(H,24,27). The summed E-state index contributed by atoms with van der Waals surface area (Å²) in [6.45, 7) is 7.39. The van der Waals surface area contributed by atoms with Crippen molar-refractivity contribution in [3.63, 3.8) is 0 Å². The molecule has 3 aromatic rings. The zero-order valence-electron chi connectivity index (χ0n) is 16.2. The van der Waals surface area contributed by atoms with Crippen LogP contribution in [0.5, 0.6) is 0 Å². The van der Waals surface area contributed by atoms with Crippen LogP contribution in [0.4, 0.5) is 0 Å². The minimum Gasteiger partial charge on any atom is -0.349 e. The molecule has 1 fully saturated rings. The van der Waals surface area contributed by atoms with Crippen molar-refractivity contribution in [3.8, 4) is 10.6 Å². The average Bonchev–Trinajstić information content (AvgIpc) is 3.14. The van der Waals surface area contributed by atoms with E-state index >= 15 is 0 Å². The lowest BCUT2D eigenvalue weighted by Crippen LogP contribution is -2.44. The number of piperidine rings is 1. The molecule has 0 aliphatic carbocycles. The third-order valence-corrected chi connectivity index (χ3v) is 6.64. The molecule has 4 rings (SSSR count). The summed E-state index contributed by atoms with van der Waals surface area (Å²) in [5, 5.41) is 4.65. The first-order valence-corrected chi connectivity index (χ1v) is 10.9. The lowest BCUT2D eigenvalue weighted by Gasteiger charge is -2.31. The van der Waals surface area contributed by atoms with Gasteiger partial charge in [0.15, 0.2) is 0 Å². The van der Waals surface area contributed by atoms with Crippen LogP contribution in [0.15, 0.2) is 36.4 Å². The third-order valence-electron chi connectivity index (χ3n) is 5.38. The number of hydrogen-bond acceptors (Lipinski definition) is 4. The second-order valence-electron chi connectivity index (χ2n) is 7.31. The number of aryl methyl sites for hydroxylation is 1. The largest absolute Gasteiger partial charge is 0.349 e. The number of fused-ring (bicyclic) bond motifs is 1. The Morgan fingerprint density at radius 3 is 2.71 bits per heavy atom. The van der Waals surface area contributed by atoms with Gasteiger partial charge in [0.05, 0.1) is 21.7 Å². The Morgan fingerprint density at radius 2 is 2.04 bits per heavy atom. The second-order valence-corrected chi connectivity index (χ2v) is 9.03. The smallest absolute Gasteiger partial charge is 0.252 e. The van der Waals surface area contributed by atoms with E-state index in [1.54, 1.807) is 11.3 Å². The van der Waals surface area contributed by atoms with Gasteiger partial charge in [-0.15, -0.1) is 11.3 Å². The van der Waals surface area contributed by atoms with E-state index in [-0.39, 0.29) is 11.9 Å². The summed E-state index contributed by atoms with van der Waals surface area (Å²) in [6.07, 6.45) is 1.97. The highest BCUT2D eigenvalue weighted by atomic mass is 35.5. The molecule has 1 saturated heterocycles. The zero-order chi connectivity index (χ0) is 19.7. The van der Waals surface area contributed by atoms with Crippen LogP contribution in [0.1, 0.15) is 35.0 Å². The van der Waals surface area contributed by atoms with Crippen LogP contribution in [0, 0.1) is 6.92 Å². The van der Waals surface area contributed by atoms with E-state index in [1.165, 1.54) is 4.88 Å². The number of carbonyl (C=O) groups excluding carboxylic acids is 1. The number of nitrogens with zero attached hydrogens (tertiary/aromatic N) is 2. The van der Waals surface area contributed by atoms with E-state index in [1.807, 2.05) is 24.3 Å². The van der Waals surface area contributed by atoms with E-state index in [0.717, 1.165) is 53.9 Å². The Hall–Kier alpha value is -1.95. The Labute approximate surface area is 174 Å². The van der Waals surface area contributed by atoms with Crippen molar-refractivity contribution in [2.24, 2.45) is 0 Å². The number of amides is 1. The SMILES string of the molecule is CCN1CCC(NC(=O)c2cc(-c3ccc(C)s3)nc3ccc(Cl)cc23)CC1. The molecule has 0 bridgehead atoms. The van der Waals surface area contributed by atoms with E-state index in [2.05, 4.69) is 36.2 Å². The summed E-state index contributed by atoms with van der Waals surface area (Å²) in [7, 11) is 0. The van der Waals surface area contributed by atoms with Crippen LogP contribution in [0.3, 0.4) is 0 Å². The number of benzene rings is 1. The number of hydrogen-bond donors (Lipinski definition) is 1. The van der Waals surface area contributed by atoms with Gasteiger partial charge in [0.25, 0.3) is 5.91 Å². The molecule has 1 amide bonds. The van der Waals surface area contributed by atoms with Gasteiger partial charge < -0.3 is 10.2 Å². The molecule has 1 aliphatic heterocycles. The van der Waals surface area contributed by atoms with Crippen LogP contribution in [0.2, 0.25) is 5.02 Å². The summed E-state index contributed by atoms with van der Waals surface area (Å²) >= 11 is 7.90. The Bertz CT molecular complexity index is 1010. The molecule has 0 spiro atoms.